The van der Waals surface area contributed by atoms with Crippen LogP contribution in [-0.4, -0.2) is 17.2 Å². The number of amides is 1. The minimum absolute atomic E-state index is 0.0630. The van der Waals surface area contributed by atoms with Crippen LogP contribution in [0.15, 0.2) is 48.7 Å². The highest BCUT2D eigenvalue weighted by molar-refractivity contribution is 5.96. The van der Waals surface area contributed by atoms with Gasteiger partial charge < -0.3 is 15.8 Å². The zero-order valence-corrected chi connectivity index (χ0v) is 13.2. The van der Waals surface area contributed by atoms with Gasteiger partial charge in [-0.1, -0.05) is 18.2 Å². The van der Waals surface area contributed by atoms with Gasteiger partial charge in [-0.3, -0.25) is 9.78 Å². The van der Waals surface area contributed by atoms with Crippen molar-refractivity contribution >= 4 is 23.6 Å². The van der Waals surface area contributed by atoms with Crippen LogP contribution in [0.3, 0.4) is 0 Å². The second kappa shape index (κ2) is 7.08. The molecule has 0 saturated carbocycles. The van der Waals surface area contributed by atoms with Crippen molar-refractivity contribution in [3.05, 3.63) is 54.4 Å². The third kappa shape index (κ3) is 3.51. The molecule has 1 unspecified atom stereocenters. The molecule has 0 aliphatic carbocycles. The van der Waals surface area contributed by atoms with Crippen molar-refractivity contribution < 1.29 is 9.59 Å². The number of benzene rings is 1. The molecule has 5 heteroatoms. The van der Waals surface area contributed by atoms with Gasteiger partial charge in [0.2, 0.25) is 5.91 Å². The van der Waals surface area contributed by atoms with E-state index in [1.54, 1.807) is 18.3 Å². The van der Waals surface area contributed by atoms with E-state index in [4.69, 9.17) is 5.73 Å². The first-order valence-corrected chi connectivity index (χ1v) is 7.93. The molecule has 0 radical (unpaired) electrons. The fraction of sp³-hybridized carbons (Fsp3) is 0.211. The van der Waals surface area contributed by atoms with E-state index < -0.39 is 0 Å². The van der Waals surface area contributed by atoms with Crippen molar-refractivity contribution in [2.45, 2.75) is 25.2 Å². The molecule has 5 nitrogen and oxygen atoms in total. The quantitative estimate of drug-likeness (QED) is 0.479. The van der Waals surface area contributed by atoms with Crippen LogP contribution in [0.5, 0.6) is 0 Å². The number of allylic oxidation sites excluding steroid dienone is 2. The van der Waals surface area contributed by atoms with Gasteiger partial charge in [-0.2, -0.15) is 0 Å². The number of nitrogens with one attached hydrogen (secondary N) is 1. The standard InChI is InChI=1S/C19H19N3O2/c20-15-6-7-16-13-8-9-21-17(10-13)14(12-23)4-2-1-3-5-19(24)22-18(16)11-15/h1-2,6-12,14H,3-5,20H2,(H,22,24)/b2-1-. The van der Waals surface area contributed by atoms with Crippen LogP contribution < -0.4 is 11.1 Å². The number of aromatic nitrogens is 1. The second-order valence-electron chi connectivity index (χ2n) is 5.81. The second-order valence-corrected chi connectivity index (χ2v) is 5.81. The fourth-order valence-corrected chi connectivity index (χ4v) is 2.77. The van der Waals surface area contributed by atoms with Crippen LogP contribution in [0, 0.1) is 0 Å². The lowest BCUT2D eigenvalue weighted by molar-refractivity contribution is -0.116. The Balaban J connectivity index is 2.12. The Morgan fingerprint density at radius 1 is 1.21 bits per heavy atom. The van der Waals surface area contributed by atoms with Crippen LogP contribution in [0.4, 0.5) is 11.4 Å². The molecule has 122 valence electrons. The molecule has 2 aromatic rings. The van der Waals surface area contributed by atoms with Crippen molar-refractivity contribution in [3.8, 4) is 11.1 Å². The first kappa shape index (κ1) is 15.9. The van der Waals surface area contributed by atoms with E-state index in [0.29, 0.717) is 30.6 Å². The van der Waals surface area contributed by atoms with Gasteiger partial charge in [-0.05, 0) is 42.7 Å². The molecular formula is C19H19N3O2. The minimum atomic E-state index is -0.289. The van der Waals surface area contributed by atoms with Gasteiger partial charge in [0.1, 0.15) is 6.29 Å². The topological polar surface area (TPSA) is 85.1 Å². The number of carbonyl (C=O) groups excluding carboxylic acids is 2. The van der Waals surface area contributed by atoms with Gasteiger partial charge in [0, 0.05) is 23.9 Å². The molecule has 1 aromatic carbocycles. The van der Waals surface area contributed by atoms with Crippen LogP contribution in [0.1, 0.15) is 30.9 Å². The summed E-state index contributed by atoms with van der Waals surface area (Å²) < 4.78 is 0. The molecule has 1 atom stereocenters. The van der Waals surface area contributed by atoms with E-state index in [9.17, 15) is 9.59 Å². The summed E-state index contributed by atoms with van der Waals surface area (Å²) in [5, 5.41) is 2.93. The molecular weight excluding hydrogens is 302 g/mol. The average molecular weight is 321 g/mol. The summed E-state index contributed by atoms with van der Waals surface area (Å²) >= 11 is 0. The van der Waals surface area contributed by atoms with E-state index in [1.165, 1.54) is 0 Å². The Hall–Kier alpha value is -2.95. The number of fused-ring (bicyclic) bond motifs is 4. The maximum atomic E-state index is 12.1. The third-order valence-electron chi connectivity index (χ3n) is 4.05. The van der Waals surface area contributed by atoms with Gasteiger partial charge in [-0.15, -0.1) is 0 Å². The first-order chi connectivity index (χ1) is 11.7. The molecule has 1 aliphatic rings. The van der Waals surface area contributed by atoms with E-state index in [2.05, 4.69) is 10.3 Å². The lowest BCUT2D eigenvalue weighted by Crippen LogP contribution is -2.12. The molecule has 1 aromatic heterocycles. The van der Waals surface area contributed by atoms with Crippen molar-refractivity contribution in [1.29, 1.82) is 0 Å². The smallest absolute Gasteiger partial charge is 0.224 e. The summed E-state index contributed by atoms with van der Waals surface area (Å²) in [5.41, 5.74) is 9.60. The van der Waals surface area contributed by atoms with Gasteiger partial charge in [0.15, 0.2) is 0 Å². The van der Waals surface area contributed by atoms with Crippen molar-refractivity contribution in [2.24, 2.45) is 0 Å². The van der Waals surface area contributed by atoms with Crippen LogP contribution in [0.25, 0.3) is 11.1 Å². The summed E-state index contributed by atoms with van der Waals surface area (Å²) in [6.07, 6.45) is 8.06. The van der Waals surface area contributed by atoms with Gasteiger partial charge in [-0.25, -0.2) is 0 Å². The normalized spacial score (nSPS) is 19.0. The monoisotopic (exact) mass is 321 g/mol. The number of nitrogens with two attached hydrogens (primary N) is 1. The zero-order chi connectivity index (χ0) is 16.9. The largest absolute Gasteiger partial charge is 0.399 e. The summed E-state index contributed by atoms with van der Waals surface area (Å²) in [5.74, 6) is -0.352. The predicted molar refractivity (Wildman–Crippen MR) is 94.5 cm³/mol. The molecule has 1 aliphatic heterocycles. The number of pyridine rings is 1. The SMILES string of the molecule is Nc1ccc2c(c1)NC(=O)CC/C=C\CC(C=O)c1cc-2ccn1. The average Bonchev–Trinajstić information content (AvgIpc) is 2.58. The molecule has 0 saturated heterocycles. The van der Waals surface area contributed by atoms with Crippen molar-refractivity contribution in [1.82, 2.24) is 4.98 Å². The van der Waals surface area contributed by atoms with E-state index in [-0.39, 0.29) is 11.8 Å². The summed E-state index contributed by atoms with van der Waals surface area (Å²) in [7, 11) is 0. The maximum absolute atomic E-state index is 12.1. The Kier molecular flexibility index (Phi) is 4.70. The Morgan fingerprint density at radius 2 is 2.08 bits per heavy atom. The van der Waals surface area contributed by atoms with Crippen molar-refractivity contribution in [3.63, 3.8) is 0 Å². The van der Waals surface area contributed by atoms with E-state index in [0.717, 1.165) is 23.1 Å². The Morgan fingerprint density at radius 3 is 2.92 bits per heavy atom. The molecule has 0 spiro atoms. The number of carbonyl (C=O) groups is 2. The molecule has 2 heterocycles. The molecule has 0 fully saturated rings. The van der Waals surface area contributed by atoms with Gasteiger partial charge in [0.05, 0.1) is 17.3 Å². The number of aldehydes is 1. The summed E-state index contributed by atoms with van der Waals surface area (Å²) in [4.78, 5) is 27.9. The van der Waals surface area contributed by atoms with Crippen LogP contribution >= 0.6 is 0 Å². The summed E-state index contributed by atoms with van der Waals surface area (Å²) in [6.45, 7) is 0. The summed E-state index contributed by atoms with van der Waals surface area (Å²) in [6, 6.07) is 9.17. The lowest BCUT2D eigenvalue weighted by atomic mass is 9.97. The van der Waals surface area contributed by atoms with Gasteiger partial charge >= 0.3 is 0 Å². The minimum Gasteiger partial charge on any atom is -0.399 e. The first-order valence-electron chi connectivity index (χ1n) is 7.93. The number of hydrogen-bond donors (Lipinski definition) is 2. The predicted octanol–water partition coefficient (Wildman–Crippen LogP) is 3.29. The van der Waals surface area contributed by atoms with Crippen molar-refractivity contribution in [2.75, 3.05) is 11.1 Å². The number of rotatable bonds is 1. The highest BCUT2D eigenvalue weighted by Gasteiger charge is 2.15. The van der Waals surface area contributed by atoms with Gasteiger partial charge in [0.25, 0.3) is 0 Å². The molecule has 2 bridgehead atoms. The Labute approximate surface area is 140 Å². The number of nitrogens with zero attached hydrogens (tertiary/aromatic N) is 1. The molecule has 1 amide bonds. The van der Waals surface area contributed by atoms with Crippen LogP contribution in [-0.2, 0) is 9.59 Å². The molecule has 24 heavy (non-hydrogen) atoms. The van der Waals surface area contributed by atoms with E-state index in [1.807, 2.05) is 30.4 Å². The molecule has 3 rings (SSSR count). The lowest BCUT2D eigenvalue weighted by Gasteiger charge is -2.13. The Bertz CT molecular complexity index is 799. The highest BCUT2D eigenvalue weighted by Crippen LogP contribution is 2.32. The van der Waals surface area contributed by atoms with Crippen LogP contribution in [0.2, 0.25) is 0 Å². The fourth-order valence-electron chi connectivity index (χ4n) is 2.77. The zero-order valence-electron chi connectivity index (χ0n) is 13.2. The maximum Gasteiger partial charge on any atom is 0.224 e. The number of anilines is 2. The van der Waals surface area contributed by atoms with E-state index >= 15 is 0 Å². The highest BCUT2D eigenvalue weighted by atomic mass is 16.1. The third-order valence-corrected chi connectivity index (χ3v) is 4.05. The number of nitrogen functional groups attached to an aromatic ring is 1. The number of hydrogen-bond acceptors (Lipinski definition) is 4. The molecule has 3 N–H and O–H groups in total.